The number of nitrogens with one attached hydrogen (secondary N) is 1. The summed E-state index contributed by atoms with van der Waals surface area (Å²) in [4.78, 5) is 24.1. The van der Waals surface area contributed by atoms with E-state index < -0.39 is 0 Å². The SMILES string of the molecule is CCOc1ccc(-c2cn3c(CC(=O)Nc4nc5c(s4)CCCC5)csc3n2)cc1. The highest BCUT2D eigenvalue weighted by Crippen LogP contribution is 2.30. The van der Waals surface area contributed by atoms with Gasteiger partial charge in [0.15, 0.2) is 10.1 Å². The lowest BCUT2D eigenvalue weighted by molar-refractivity contribution is -0.115. The Balaban J connectivity index is 1.31. The molecule has 154 valence electrons. The van der Waals surface area contributed by atoms with Crippen molar-refractivity contribution in [3.8, 4) is 17.0 Å². The van der Waals surface area contributed by atoms with Crippen molar-refractivity contribution in [3.63, 3.8) is 0 Å². The number of imidazole rings is 1. The van der Waals surface area contributed by atoms with E-state index >= 15 is 0 Å². The molecule has 0 saturated carbocycles. The molecule has 1 aliphatic rings. The third-order valence-electron chi connectivity index (χ3n) is 5.18. The zero-order chi connectivity index (χ0) is 20.5. The Kier molecular flexibility index (Phi) is 5.26. The minimum Gasteiger partial charge on any atom is -0.494 e. The molecular weight excluding hydrogens is 416 g/mol. The summed E-state index contributed by atoms with van der Waals surface area (Å²) in [7, 11) is 0. The van der Waals surface area contributed by atoms with E-state index in [1.54, 1.807) is 22.7 Å². The Morgan fingerprint density at radius 3 is 2.83 bits per heavy atom. The molecule has 0 fully saturated rings. The second-order valence-corrected chi connectivity index (χ2v) is 9.20. The van der Waals surface area contributed by atoms with Crippen LogP contribution in [-0.4, -0.2) is 26.9 Å². The van der Waals surface area contributed by atoms with Crippen LogP contribution in [0.25, 0.3) is 16.2 Å². The molecule has 1 N–H and O–H groups in total. The van der Waals surface area contributed by atoms with Gasteiger partial charge < -0.3 is 10.1 Å². The molecule has 1 aliphatic carbocycles. The number of carbonyl (C=O) groups excluding carboxylic acids is 1. The highest BCUT2D eigenvalue weighted by Gasteiger charge is 2.18. The number of amides is 1. The largest absolute Gasteiger partial charge is 0.494 e. The summed E-state index contributed by atoms with van der Waals surface area (Å²) in [6, 6.07) is 7.92. The summed E-state index contributed by atoms with van der Waals surface area (Å²) < 4.78 is 7.51. The maximum Gasteiger partial charge on any atom is 0.232 e. The van der Waals surface area contributed by atoms with E-state index in [-0.39, 0.29) is 5.91 Å². The van der Waals surface area contributed by atoms with Crippen molar-refractivity contribution in [2.45, 2.75) is 39.0 Å². The van der Waals surface area contributed by atoms with E-state index in [0.29, 0.717) is 13.0 Å². The number of ether oxygens (including phenoxy) is 1. The van der Waals surface area contributed by atoms with Crippen molar-refractivity contribution in [1.29, 1.82) is 0 Å². The second-order valence-electron chi connectivity index (χ2n) is 7.28. The number of aryl methyl sites for hydroxylation is 2. The quantitative estimate of drug-likeness (QED) is 0.461. The summed E-state index contributed by atoms with van der Waals surface area (Å²) in [5, 5.41) is 5.70. The number of carbonyl (C=O) groups is 1. The fourth-order valence-electron chi connectivity index (χ4n) is 3.72. The minimum atomic E-state index is -0.0443. The minimum absolute atomic E-state index is 0.0443. The van der Waals surface area contributed by atoms with Gasteiger partial charge in [0, 0.05) is 27.7 Å². The lowest BCUT2D eigenvalue weighted by Crippen LogP contribution is -2.15. The molecule has 0 saturated heterocycles. The topological polar surface area (TPSA) is 68.5 Å². The van der Waals surface area contributed by atoms with Crippen LogP contribution in [0.1, 0.15) is 36.0 Å². The molecule has 1 amide bonds. The van der Waals surface area contributed by atoms with Gasteiger partial charge in [0.1, 0.15) is 5.75 Å². The monoisotopic (exact) mass is 438 g/mol. The second kappa shape index (κ2) is 8.20. The van der Waals surface area contributed by atoms with E-state index in [2.05, 4.69) is 10.3 Å². The van der Waals surface area contributed by atoms with Gasteiger partial charge in [-0.25, -0.2) is 9.97 Å². The fraction of sp³-hybridized carbons (Fsp3) is 0.318. The first kappa shape index (κ1) is 19.3. The summed E-state index contributed by atoms with van der Waals surface area (Å²) in [5.74, 6) is 0.806. The standard InChI is InChI=1S/C22H22N4O2S2/c1-2-28-16-9-7-14(8-10-16)18-12-26-15(13-29-22(26)24-18)11-20(27)25-21-23-17-5-3-4-6-19(17)30-21/h7-10,12-13H,2-6,11H2,1H3,(H,23,25,27). The Labute approximate surface area is 182 Å². The van der Waals surface area contributed by atoms with Crippen LogP contribution >= 0.6 is 22.7 Å². The van der Waals surface area contributed by atoms with Gasteiger partial charge in [-0.2, -0.15) is 0 Å². The van der Waals surface area contributed by atoms with E-state index in [0.717, 1.165) is 51.3 Å². The van der Waals surface area contributed by atoms with E-state index in [9.17, 15) is 4.79 Å². The highest BCUT2D eigenvalue weighted by atomic mass is 32.1. The van der Waals surface area contributed by atoms with Crippen LogP contribution in [0.4, 0.5) is 5.13 Å². The van der Waals surface area contributed by atoms with Crippen molar-refractivity contribution in [2.24, 2.45) is 0 Å². The number of rotatable bonds is 6. The molecule has 5 rings (SSSR count). The molecule has 4 aromatic rings. The third kappa shape index (κ3) is 3.85. The van der Waals surface area contributed by atoms with Gasteiger partial charge in [-0.3, -0.25) is 9.20 Å². The molecule has 6 nitrogen and oxygen atoms in total. The molecule has 0 aliphatic heterocycles. The van der Waals surface area contributed by atoms with Gasteiger partial charge in [-0.1, -0.05) is 0 Å². The van der Waals surface area contributed by atoms with Crippen molar-refractivity contribution in [3.05, 3.63) is 52.1 Å². The Morgan fingerprint density at radius 1 is 1.20 bits per heavy atom. The summed E-state index contributed by atoms with van der Waals surface area (Å²) >= 11 is 3.16. The third-order valence-corrected chi connectivity index (χ3v) is 7.14. The smallest absolute Gasteiger partial charge is 0.232 e. The zero-order valence-corrected chi connectivity index (χ0v) is 18.3. The first-order valence-electron chi connectivity index (χ1n) is 10.2. The summed E-state index contributed by atoms with van der Waals surface area (Å²) in [6.45, 7) is 2.62. The number of aromatic nitrogens is 3. The molecule has 1 aromatic carbocycles. The van der Waals surface area contributed by atoms with Crippen LogP contribution in [0, 0.1) is 0 Å². The molecule has 30 heavy (non-hydrogen) atoms. The summed E-state index contributed by atoms with van der Waals surface area (Å²) in [6.07, 6.45) is 6.80. The van der Waals surface area contributed by atoms with Gasteiger partial charge >= 0.3 is 0 Å². The first-order chi connectivity index (χ1) is 14.7. The van der Waals surface area contributed by atoms with Gasteiger partial charge in [0.05, 0.1) is 24.4 Å². The molecule has 0 radical (unpaired) electrons. The fourth-order valence-corrected chi connectivity index (χ4v) is 5.66. The molecule has 0 spiro atoms. The van der Waals surface area contributed by atoms with E-state index in [1.165, 1.54) is 17.7 Å². The van der Waals surface area contributed by atoms with Crippen LogP contribution < -0.4 is 10.1 Å². The van der Waals surface area contributed by atoms with Crippen LogP contribution in [0.3, 0.4) is 0 Å². The Hall–Kier alpha value is -2.71. The number of anilines is 1. The lowest BCUT2D eigenvalue weighted by Gasteiger charge is -2.06. The van der Waals surface area contributed by atoms with Crippen molar-refractivity contribution in [1.82, 2.24) is 14.4 Å². The van der Waals surface area contributed by atoms with Crippen LogP contribution in [0.15, 0.2) is 35.8 Å². The van der Waals surface area contributed by atoms with Crippen molar-refractivity contribution < 1.29 is 9.53 Å². The Morgan fingerprint density at radius 2 is 2.03 bits per heavy atom. The molecule has 0 unspecified atom stereocenters. The maximum absolute atomic E-state index is 12.6. The van der Waals surface area contributed by atoms with E-state index in [1.807, 2.05) is 47.2 Å². The van der Waals surface area contributed by atoms with Crippen molar-refractivity contribution >= 4 is 38.7 Å². The van der Waals surface area contributed by atoms with Crippen LogP contribution in [0.5, 0.6) is 5.75 Å². The first-order valence-corrected chi connectivity index (χ1v) is 11.9. The predicted molar refractivity (Wildman–Crippen MR) is 121 cm³/mol. The van der Waals surface area contributed by atoms with E-state index in [4.69, 9.17) is 9.72 Å². The lowest BCUT2D eigenvalue weighted by atomic mass is 10.0. The zero-order valence-electron chi connectivity index (χ0n) is 16.7. The number of benzene rings is 1. The molecule has 0 atom stereocenters. The average Bonchev–Trinajstić information content (AvgIpc) is 3.43. The van der Waals surface area contributed by atoms with Gasteiger partial charge in [0.25, 0.3) is 0 Å². The maximum atomic E-state index is 12.6. The predicted octanol–water partition coefficient (Wildman–Crippen LogP) is 4.98. The van der Waals surface area contributed by atoms with Crippen molar-refractivity contribution in [2.75, 3.05) is 11.9 Å². The number of fused-ring (bicyclic) bond motifs is 2. The van der Waals surface area contributed by atoms with Gasteiger partial charge in [0.2, 0.25) is 5.91 Å². The van der Waals surface area contributed by atoms with Gasteiger partial charge in [-0.15, -0.1) is 22.7 Å². The normalized spacial score (nSPS) is 13.4. The molecule has 8 heteroatoms. The highest BCUT2D eigenvalue weighted by molar-refractivity contribution is 7.16. The Bertz CT molecular complexity index is 1170. The molecular formula is C22H22N4O2S2. The van der Waals surface area contributed by atoms with Crippen LogP contribution in [-0.2, 0) is 24.1 Å². The number of nitrogens with zero attached hydrogens (tertiary/aromatic N) is 3. The number of hydrogen-bond donors (Lipinski definition) is 1. The number of thiazole rings is 2. The molecule has 3 heterocycles. The van der Waals surface area contributed by atoms with Gasteiger partial charge in [-0.05, 0) is 56.9 Å². The van der Waals surface area contributed by atoms with Crippen LogP contribution in [0.2, 0.25) is 0 Å². The molecule has 3 aromatic heterocycles. The molecule has 0 bridgehead atoms. The summed E-state index contributed by atoms with van der Waals surface area (Å²) in [5.41, 5.74) is 4.00. The number of hydrogen-bond acceptors (Lipinski definition) is 6. The average molecular weight is 439 g/mol.